The molecule has 3 amide bonds. The van der Waals surface area contributed by atoms with Crippen molar-refractivity contribution in [3.8, 4) is 11.6 Å². The second kappa shape index (κ2) is 9.63. The molecule has 0 saturated heterocycles. The van der Waals surface area contributed by atoms with Gasteiger partial charge < -0.3 is 15.2 Å². The zero-order valence-electron chi connectivity index (χ0n) is 16.3. The molecule has 0 radical (unpaired) electrons. The van der Waals surface area contributed by atoms with Crippen molar-refractivity contribution in [2.24, 2.45) is 5.73 Å². The number of methoxy groups -OCH3 is 1. The monoisotopic (exact) mass is 477 g/mol. The highest BCUT2D eigenvalue weighted by Gasteiger charge is 2.29. The third-order valence-electron chi connectivity index (χ3n) is 4.12. The molecule has 32 heavy (non-hydrogen) atoms. The molecule has 0 bridgehead atoms. The summed E-state index contributed by atoms with van der Waals surface area (Å²) in [6.45, 7) is 0. The molecule has 1 aromatic heterocycles. The number of anilines is 1. The third-order valence-corrected chi connectivity index (χ3v) is 4.67. The molecule has 11 heteroatoms. The molecule has 0 unspecified atom stereocenters. The largest absolute Gasteiger partial charge is 0.496 e. The van der Waals surface area contributed by atoms with Gasteiger partial charge >= 0.3 is 12.0 Å². The minimum absolute atomic E-state index is 0.0159. The minimum atomic E-state index is -1.24. The number of urea groups is 1. The fourth-order valence-electron chi connectivity index (χ4n) is 2.70. The smallest absolute Gasteiger partial charge is 0.346 e. The number of hydrogen-bond acceptors (Lipinski definition) is 6. The summed E-state index contributed by atoms with van der Waals surface area (Å²) in [4.78, 5) is 41.8. The van der Waals surface area contributed by atoms with Gasteiger partial charge in [-0.2, -0.15) is 4.98 Å². The predicted molar refractivity (Wildman–Crippen MR) is 115 cm³/mol. The van der Waals surface area contributed by atoms with E-state index in [1.165, 1.54) is 55.6 Å². The van der Waals surface area contributed by atoms with E-state index in [1.54, 1.807) is 0 Å². The van der Waals surface area contributed by atoms with E-state index in [2.05, 4.69) is 4.98 Å². The van der Waals surface area contributed by atoms with Crippen LogP contribution in [0.2, 0.25) is 10.0 Å². The van der Waals surface area contributed by atoms with Gasteiger partial charge in [0, 0.05) is 11.1 Å². The molecule has 0 aliphatic heterocycles. The summed E-state index contributed by atoms with van der Waals surface area (Å²) >= 11 is 11.8. The number of carbonyl (C=O) groups is 3. The van der Waals surface area contributed by atoms with Crippen LogP contribution in [0.5, 0.6) is 11.6 Å². The van der Waals surface area contributed by atoms with Crippen molar-refractivity contribution in [3.05, 3.63) is 81.6 Å². The van der Waals surface area contributed by atoms with Crippen LogP contribution in [0.1, 0.15) is 20.7 Å². The summed E-state index contributed by atoms with van der Waals surface area (Å²) in [5.41, 5.74) is 4.84. The van der Waals surface area contributed by atoms with Crippen LogP contribution in [0.3, 0.4) is 0 Å². The van der Waals surface area contributed by atoms with Crippen LogP contribution in [0.25, 0.3) is 0 Å². The van der Waals surface area contributed by atoms with Crippen LogP contribution in [-0.4, -0.2) is 30.0 Å². The topological polar surface area (TPSA) is 112 Å². The van der Waals surface area contributed by atoms with Crippen LogP contribution < -0.4 is 20.1 Å². The van der Waals surface area contributed by atoms with Crippen LogP contribution >= 0.6 is 23.2 Å². The summed E-state index contributed by atoms with van der Waals surface area (Å²) in [7, 11) is 1.24. The van der Waals surface area contributed by atoms with Crippen molar-refractivity contribution in [2.75, 3.05) is 12.0 Å². The third kappa shape index (κ3) is 4.79. The summed E-state index contributed by atoms with van der Waals surface area (Å²) in [6, 6.07) is 10.5. The Bertz CT molecular complexity index is 1220. The number of hydrogen-bond donors (Lipinski definition) is 1. The highest BCUT2D eigenvalue weighted by Crippen LogP contribution is 2.27. The van der Waals surface area contributed by atoms with Crippen LogP contribution in [0.15, 0.2) is 54.6 Å². The fraction of sp³-hybridized carbons (Fsp3) is 0.0476. The van der Waals surface area contributed by atoms with Crippen molar-refractivity contribution in [2.45, 2.75) is 0 Å². The molecule has 3 aromatic rings. The lowest BCUT2D eigenvalue weighted by Gasteiger charge is -2.19. The number of pyridine rings is 1. The van der Waals surface area contributed by atoms with Gasteiger partial charge in [-0.15, -0.1) is 0 Å². The lowest BCUT2D eigenvalue weighted by Crippen LogP contribution is -2.42. The summed E-state index contributed by atoms with van der Waals surface area (Å²) in [6.07, 6.45) is 0. The zero-order valence-corrected chi connectivity index (χ0v) is 17.9. The molecule has 8 nitrogen and oxygen atoms in total. The normalized spacial score (nSPS) is 10.4. The number of ether oxygens (including phenoxy) is 2. The van der Waals surface area contributed by atoms with E-state index in [0.717, 1.165) is 6.07 Å². The second-order valence-corrected chi connectivity index (χ2v) is 6.99. The Morgan fingerprint density at radius 2 is 1.78 bits per heavy atom. The molecular weight excluding hydrogens is 464 g/mol. The number of primary amides is 1. The number of aromatic nitrogens is 1. The van der Waals surface area contributed by atoms with Gasteiger partial charge in [0.1, 0.15) is 22.9 Å². The van der Waals surface area contributed by atoms with Crippen molar-refractivity contribution in [1.82, 2.24) is 4.98 Å². The quantitative estimate of drug-likeness (QED) is 0.542. The van der Waals surface area contributed by atoms with Gasteiger partial charge in [0.2, 0.25) is 5.88 Å². The second-order valence-electron chi connectivity index (χ2n) is 6.14. The van der Waals surface area contributed by atoms with Crippen molar-refractivity contribution >= 4 is 46.9 Å². The Kier molecular flexibility index (Phi) is 6.92. The van der Waals surface area contributed by atoms with Gasteiger partial charge in [-0.1, -0.05) is 35.3 Å². The van der Waals surface area contributed by atoms with Gasteiger partial charge in [-0.05, 0) is 36.4 Å². The number of nitrogens with two attached hydrogens (primary N) is 1. The summed E-state index contributed by atoms with van der Waals surface area (Å²) in [5, 5.41) is 0.380. The maximum absolute atomic E-state index is 14.3. The maximum atomic E-state index is 14.3. The molecule has 1 heterocycles. The van der Waals surface area contributed by atoms with E-state index in [-0.39, 0.29) is 28.0 Å². The van der Waals surface area contributed by atoms with E-state index in [9.17, 15) is 18.8 Å². The SMILES string of the molecule is COc1cccc(F)c1C(=O)N(C(N)=O)c1cccc(OC(=O)c2ccc(Cl)cc2Cl)n1. The average Bonchev–Trinajstić information content (AvgIpc) is 2.73. The van der Waals surface area contributed by atoms with Gasteiger partial charge in [0.15, 0.2) is 0 Å². The van der Waals surface area contributed by atoms with E-state index in [4.69, 9.17) is 38.4 Å². The average molecular weight is 478 g/mol. The maximum Gasteiger partial charge on any atom is 0.346 e. The lowest BCUT2D eigenvalue weighted by atomic mass is 10.1. The Hall–Kier alpha value is -3.69. The van der Waals surface area contributed by atoms with Crippen LogP contribution in [-0.2, 0) is 0 Å². The van der Waals surface area contributed by atoms with Crippen molar-refractivity contribution in [1.29, 1.82) is 0 Å². The number of benzene rings is 2. The molecule has 0 fully saturated rings. The first-order valence-electron chi connectivity index (χ1n) is 8.83. The molecule has 3 rings (SSSR count). The number of amides is 3. The predicted octanol–water partition coefficient (Wildman–Crippen LogP) is 4.48. The first-order valence-corrected chi connectivity index (χ1v) is 9.59. The molecule has 0 saturated carbocycles. The van der Waals surface area contributed by atoms with Crippen LogP contribution in [0.4, 0.5) is 15.0 Å². The molecule has 2 N–H and O–H groups in total. The Labute approximate surface area is 191 Å². The van der Waals surface area contributed by atoms with Gasteiger partial charge in [-0.3, -0.25) is 4.79 Å². The van der Waals surface area contributed by atoms with E-state index in [1.807, 2.05) is 0 Å². The molecule has 0 aliphatic carbocycles. The first-order chi connectivity index (χ1) is 15.2. The lowest BCUT2D eigenvalue weighted by molar-refractivity contribution is 0.0728. The first kappa shape index (κ1) is 23.0. The molecular formula is C21H14Cl2FN3O5. The molecule has 164 valence electrons. The molecule has 0 spiro atoms. The molecule has 2 aromatic carbocycles. The highest BCUT2D eigenvalue weighted by atomic mass is 35.5. The Morgan fingerprint density at radius 1 is 1.06 bits per heavy atom. The van der Waals surface area contributed by atoms with Crippen molar-refractivity contribution in [3.63, 3.8) is 0 Å². The standard InChI is InChI=1S/C21H14Cl2FN3O5/c1-31-15-5-2-4-14(24)18(15)19(28)27(21(25)30)16-6-3-7-17(26-16)32-20(29)12-9-8-11(22)10-13(12)23/h2-10H,1H3,(H2,25,30). The zero-order chi connectivity index (χ0) is 23.4. The Balaban J connectivity index is 1.94. The van der Waals surface area contributed by atoms with E-state index < -0.39 is 29.3 Å². The summed E-state index contributed by atoms with van der Waals surface area (Å²) < 4.78 is 24.5. The van der Waals surface area contributed by atoms with E-state index >= 15 is 0 Å². The van der Waals surface area contributed by atoms with Gasteiger partial charge in [-0.25, -0.2) is 18.9 Å². The number of imide groups is 1. The number of halogens is 3. The fourth-order valence-corrected chi connectivity index (χ4v) is 3.19. The van der Waals surface area contributed by atoms with Gasteiger partial charge in [0.05, 0.1) is 17.7 Å². The van der Waals surface area contributed by atoms with Gasteiger partial charge in [0.25, 0.3) is 5.91 Å². The molecule has 0 aliphatic rings. The number of rotatable bonds is 5. The summed E-state index contributed by atoms with van der Waals surface area (Å²) in [5.74, 6) is -3.59. The van der Waals surface area contributed by atoms with Crippen molar-refractivity contribution < 1.29 is 28.2 Å². The number of nitrogens with zero attached hydrogens (tertiary/aromatic N) is 2. The Morgan fingerprint density at radius 3 is 2.44 bits per heavy atom. The highest BCUT2D eigenvalue weighted by molar-refractivity contribution is 6.36. The van der Waals surface area contributed by atoms with Crippen LogP contribution in [0, 0.1) is 5.82 Å². The number of carbonyl (C=O) groups excluding carboxylic acids is 3. The number of esters is 1. The minimum Gasteiger partial charge on any atom is -0.496 e. The molecule has 0 atom stereocenters. The van der Waals surface area contributed by atoms with E-state index in [0.29, 0.717) is 9.92 Å².